The van der Waals surface area contributed by atoms with Gasteiger partial charge in [-0.2, -0.15) is 0 Å². The Morgan fingerprint density at radius 3 is 2.43 bits per heavy atom. The van der Waals surface area contributed by atoms with Gasteiger partial charge >= 0.3 is 5.97 Å². The molecule has 3 aromatic rings. The number of hydrogen-bond acceptors (Lipinski definition) is 7. The number of methoxy groups -OCH3 is 2. The molecule has 0 bridgehead atoms. The highest BCUT2D eigenvalue weighted by molar-refractivity contribution is 5.96. The molecule has 11 heteroatoms. The van der Waals surface area contributed by atoms with Gasteiger partial charge in [-0.25, -0.2) is 4.79 Å². The molecule has 4 N–H and O–H groups in total. The van der Waals surface area contributed by atoms with Crippen LogP contribution in [0.3, 0.4) is 0 Å². The van der Waals surface area contributed by atoms with E-state index < -0.39 is 36.3 Å². The van der Waals surface area contributed by atoms with Crippen molar-refractivity contribution in [3.05, 3.63) is 59.8 Å². The minimum Gasteiger partial charge on any atom is -0.493 e. The third-order valence-corrected chi connectivity index (χ3v) is 5.07. The van der Waals surface area contributed by atoms with Crippen LogP contribution < -0.4 is 25.6 Å². The molecule has 1 atom stereocenters. The van der Waals surface area contributed by atoms with Crippen LogP contribution in [0.15, 0.2) is 48.7 Å². The molecule has 3 rings (SSSR count). The van der Waals surface area contributed by atoms with Crippen LogP contribution in [0.1, 0.15) is 22.8 Å². The Kier molecular flexibility index (Phi) is 8.28. The smallest absolute Gasteiger partial charge is 0.329 e. The first kappa shape index (κ1) is 25.1. The molecule has 0 spiro atoms. The van der Waals surface area contributed by atoms with Gasteiger partial charge in [-0.1, -0.05) is 18.2 Å². The molecule has 1 unspecified atom stereocenters. The van der Waals surface area contributed by atoms with Crippen molar-refractivity contribution >= 4 is 34.6 Å². The summed E-state index contributed by atoms with van der Waals surface area (Å²) in [5, 5.41) is 3.46. The van der Waals surface area contributed by atoms with E-state index >= 15 is 0 Å². The number of benzene rings is 2. The second-order valence-electron chi connectivity index (χ2n) is 7.50. The largest absolute Gasteiger partial charge is 0.493 e. The van der Waals surface area contributed by atoms with Gasteiger partial charge in [-0.3, -0.25) is 25.2 Å². The Hall–Kier alpha value is -4.54. The minimum absolute atomic E-state index is 0.167. The topological polar surface area (TPSA) is 148 Å². The molecule has 2 aromatic carbocycles. The highest BCUT2D eigenvalue weighted by Gasteiger charge is 2.24. The van der Waals surface area contributed by atoms with Crippen LogP contribution in [0.2, 0.25) is 0 Å². The van der Waals surface area contributed by atoms with Gasteiger partial charge in [0.15, 0.2) is 18.1 Å². The monoisotopic (exact) mass is 482 g/mol. The fraction of sp³-hybridized carbons (Fsp3) is 0.250. The highest BCUT2D eigenvalue weighted by atomic mass is 16.5. The average molecular weight is 482 g/mol. The first-order valence-corrected chi connectivity index (χ1v) is 10.6. The van der Waals surface area contributed by atoms with Gasteiger partial charge in [0.1, 0.15) is 6.04 Å². The maximum Gasteiger partial charge on any atom is 0.329 e. The lowest BCUT2D eigenvalue weighted by Gasteiger charge is -2.16. The van der Waals surface area contributed by atoms with Crippen molar-refractivity contribution in [3.8, 4) is 11.5 Å². The Labute approximate surface area is 201 Å². The first-order chi connectivity index (χ1) is 16.8. The van der Waals surface area contributed by atoms with Crippen molar-refractivity contribution in [3.63, 3.8) is 0 Å². The summed E-state index contributed by atoms with van der Waals surface area (Å²) in [7, 11) is 2.90. The highest BCUT2D eigenvalue weighted by Crippen LogP contribution is 2.27. The first-order valence-electron chi connectivity index (χ1n) is 10.6. The van der Waals surface area contributed by atoms with Crippen LogP contribution in [0.5, 0.6) is 11.5 Å². The van der Waals surface area contributed by atoms with Gasteiger partial charge in [0.2, 0.25) is 5.91 Å². The van der Waals surface area contributed by atoms with E-state index in [2.05, 4.69) is 21.2 Å². The van der Waals surface area contributed by atoms with E-state index in [1.807, 2.05) is 24.3 Å². The van der Waals surface area contributed by atoms with Crippen molar-refractivity contribution in [2.24, 2.45) is 0 Å². The summed E-state index contributed by atoms with van der Waals surface area (Å²) < 4.78 is 15.3. The number of amides is 3. The number of ether oxygens (including phenoxy) is 3. The zero-order chi connectivity index (χ0) is 25.4. The molecule has 11 nitrogen and oxygen atoms in total. The number of aromatic amines is 1. The number of para-hydroxylation sites is 1. The fourth-order valence-electron chi connectivity index (χ4n) is 3.41. The Balaban J connectivity index is 1.54. The molecule has 0 aliphatic heterocycles. The predicted molar refractivity (Wildman–Crippen MR) is 126 cm³/mol. The third kappa shape index (κ3) is 6.50. The number of H-pyrrole nitrogens is 1. The molecule has 0 aliphatic rings. The number of esters is 1. The van der Waals surface area contributed by atoms with E-state index in [-0.39, 0.29) is 12.0 Å². The van der Waals surface area contributed by atoms with Crippen LogP contribution in [-0.2, 0) is 25.5 Å². The number of fused-ring (bicyclic) bond motifs is 1. The number of hydrazine groups is 1. The van der Waals surface area contributed by atoms with E-state index in [0.29, 0.717) is 11.5 Å². The van der Waals surface area contributed by atoms with Crippen molar-refractivity contribution in [1.82, 2.24) is 21.2 Å². The third-order valence-electron chi connectivity index (χ3n) is 5.07. The van der Waals surface area contributed by atoms with Gasteiger partial charge in [-0.05, 0) is 29.8 Å². The number of hydrogen-bond donors (Lipinski definition) is 4. The van der Waals surface area contributed by atoms with E-state index in [1.165, 1.54) is 33.3 Å². The number of carbonyl (C=O) groups excluding carboxylic acids is 4. The summed E-state index contributed by atoms with van der Waals surface area (Å²) in [4.78, 5) is 51.7. The Bertz CT molecular complexity index is 1240. The minimum atomic E-state index is -0.999. The summed E-state index contributed by atoms with van der Waals surface area (Å²) in [6, 6.07) is 11.0. The van der Waals surface area contributed by atoms with Gasteiger partial charge in [0, 0.05) is 36.0 Å². The van der Waals surface area contributed by atoms with Crippen LogP contribution in [-0.4, -0.2) is 55.5 Å². The summed E-state index contributed by atoms with van der Waals surface area (Å²) in [5.41, 5.74) is 6.31. The number of aromatic nitrogens is 1. The van der Waals surface area contributed by atoms with Crippen molar-refractivity contribution < 1.29 is 33.4 Å². The zero-order valence-corrected chi connectivity index (χ0v) is 19.5. The predicted octanol–water partition coefficient (Wildman–Crippen LogP) is 1.24. The molecular weight excluding hydrogens is 456 g/mol. The molecular formula is C24H26N4O7. The lowest BCUT2D eigenvalue weighted by Crippen LogP contribution is -2.46. The molecule has 184 valence electrons. The second-order valence-corrected chi connectivity index (χ2v) is 7.50. The molecule has 0 fully saturated rings. The lowest BCUT2D eigenvalue weighted by molar-refractivity contribution is -0.151. The van der Waals surface area contributed by atoms with Gasteiger partial charge in [0.05, 0.1) is 14.2 Å². The van der Waals surface area contributed by atoms with Crippen LogP contribution in [0.25, 0.3) is 10.9 Å². The summed E-state index contributed by atoms with van der Waals surface area (Å²) in [5.74, 6) is -1.78. The molecule has 0 aliphatic carbocycles. The quantitative estimate of drug-likeness (QED) is 0.265. The summed E-state index contributed by atoms with van der Waals surface area (Å²) in [6.07, 6.45) is 1.92. The number of nitrogens with one attached hydrogen (secondary N) is 4. The van der Waals surface area contributed by atoms with Crippen LogP contribution in [0.4, 0.5) is 0 Å². The van der Waals surface area contributed by atoms with Crippen LogP contribution >= 0.6 is 0 Å². The Morgan fingerprint density at radius 2 is 1.71 bits per heavy atom. The molecule has 0 saturated carbocycles. The van der Waals surface area contributed by atoms with E-state index in [4.69, 9.17) is 14.2 Å². The molecule has 0 saturated heterocycles. The van der Waals surface area contributed by atoms with Crippen molar-refractivity contribution in [1.29, 1.82) is 0 Å². The summed E-state index contributed by atoms with van der Waals surface area (Å²) in [6.45, 7) is 0.626. The number of rotatable bonds is 9. The fourth-order valence-corrected chi connectivity index (χ4v) is 3.41. The van der Waals surface area contributed by atoms with E-state index in [1.54, 1.807) is 12.3 Å². The average Bonchev–Trinajstić information content (AvgIpc) is 3.27. The SMILES string of the molecule is COc1ccc(C(=O)NNC(=O)COC(=O)C(Cc2c[nH]c3ccccc23)NC(C)=O)cc1OC. The standard InChI is InChI=1S/C24H26N4O7/c1-14(29)26-19(10-16-12-25-18-7-5-4-6-17(16)18)24(32)35-13-22(30)27-28-23(31)15-8-9-20(33-2)21(11-15)34-3/h4-9,11-12,19,25H,10,13H2,1-3H3,(H,26,29)(H,27,30)(H,28,31). The zero-order valence-electron chi connectivity index (χ0n) is 19.5. The molecule has 0 radical (unpaired) electrons. The van der Waals surface area contributed by atoms with Crippen molar-refractivity contribution in [2.45, 2.75) is 19.4 Å². The molecule has 1 aromatic heterocycles. The second kappa shape index (κ2) is 11.5. The number of carbonyl (C=O) groups is 4. The maximum absolute atomic E-state index is 12.6. The van der Waals surface area contributed by atoms with E-state index in [0.717, 1.165) is 16.5 Å². The lowest BCUT2D eigenvalue weighted by atomic mass is 10.0. The summed E-state index contributed by atoms with van der Waals surface area (Å²) >= 11 is 0. The molecule has 3 amide bonds. The van der Waals surface area contributed by atoms with Crippen LogP contribution in [0, 0.1) is 0 Å². The maximum atomic E-state index is 12.6. The van der Waals surface area contributed by atoms with Gasteiger partial charge in [0.25, 0.3) is 11.8 Å². The van der Waals surface area contributed by atoms with Gasteiger partial charge in [-0.15, -0.1) is 0 Å². The molecule has 1 heterocycles. The normalized spacial score (nSPS) is 11.3. The van der Waals surface area contributed by atoms with E-state index in [9.17, 15) is 19.2 Å². The van der Waals surface area contributed by atoms with Crippen molar-refractivity contribution in [2.75, 3.05) is 20.8 Å². The Morgan fingerprint density at radius 1 is 0.971 bits per heavy atom. The molecule has 35 heavy (non-hydrogen) atoms. The van der Waals surface area contributed by atoms with Gasteiger partial charge < -0.3 is 24.5 Å².